The Labute approximate surface area is 171 Å². The molecule has 0 aliphatic carbocycles. The lowest BCUT2D eigenvalue weighted by Crippen LogP contribution is -2.53. The number of benzene rings is 2. The van der Waals surface area contributed by atoms with Crippen molar-refractivity contribution >= 4 is 15.7 Å². The number of hydrogen-bond donors (Lipinski definition) is 1. The molecule has 1 fully saturated rings. The largest absolute Gasteiger partial charge is 0.485 e. The minimum Gasteiger partial charge on any atom is -0.485 e. The average molecular weight is 416 g/mol. The first-order chi connectivity index (χ1) is 13.6. The molecule has 1 amide bonds. The van der Waals surface area contributed by atoms with E-state index in [1.807, 2.05) is 6.92 Å². The number of aliphatic hydroxyl groups excluding tert-OH is 1. The van der Waals surface area contributed by atoms with Gasteiger partial charge in [0, 0.05) is 18.5 Å². The first-order valence-corrected chi connectivity index (χ1v) is 11.2. The molecule has 2 atom stereocenters. The van der Waals surface area contributed by atoms with Gasteiger partial charge < -0.3 is 14.7 Å². The zero-order chi connectivity index (χ0) is 21.0. The number of carbonyl (C=O) groups excluding carboxylic acids is 1. The summed E-state index contributed by atoms with van der Waals surface area (Å²) in [5.41, 5.74) is 0.596. The lowest BCUT2D eigenvalue weighted by molar-refractivity contribution is -0.139. The van der Waals surface area contributed by atoms with Crippen LogP contribution in [0.15, 0.2) is 52.3 Å². The van der Waals surface area contributed by atoms with Gasteiger partial charge in [0.2, 0.25) is 15.7 Å². The van der Waals surface area contributed by atoms with Gasteiger partial charge in [-0.15, -0.1) is 0 Å². The molecule has 0 saturated carbocycles. The quantitative estimate of drug-likeness (QED) is 0.833. The molecule has 2 aromatic carbocycles. The highest BCUT2D eigenvalue weighted by Gasteiger charge is 2.47. The third-order valence-corrected chi connectivity index (χ3v) is 7.54. The van der Waals surface area contributed by atoms with Crippen LogP contribution in [0, 0.1) is 6.92 Å². The Morgan fingerprint density at radius 3 is 2.38 bits per heavy atom. The van der Waals surface area contributed by atoms with Crippen molar-refractivity contribution in [3.8, 4) is 5.75 Å². The number of amides is 1. The van der Waals surface area contributed by atoms with E-state index in [9.17, 15) is 18.3 Å². The van der Waals surface area contributed by atoms with Crippen molar-refractivity contribution in [3.05, 3.63) is 53.6 Å². The highest BCUT2D eigenvalue weighted by Crippen LogP contribution is 2.45. The summed E-state index contributed by atoms with van der Waals surface area (Å²) in [6, 6.07) is 10.7. The molecule has 0 radical (unpaired) electrons. The van der Waals surface area contributed by atoms with Gasteiger partial charge in [-0.25, -0.2) is 8.42 Å². The molecule has 7 heteroatoms. The fourth-order valence-corrected chi connectivity index (χ4v) is 5.36. The molecule has 0 unspecified atom stereocenters. The smallest absolute Gasteiger partial charge is 0.223 e. The van der Waals surface area contributed by atoms with Crippen molar-refractivity contribution in [1.82, 2.24) is 4.90 Å². The topological polar surface area (TPSA) is 83.9 Å². The van der Waals surface area contributed by atoms with Crippen LogP contribution in [-0.4, -0.2) is 42.6 Å². The van der Waals surface area contributed by atoms with Gasteiger partial charge in [-0.1, -0.05) is 17.7 Å². The van der Waals surface area contributed by atoms with Crippen LogP contribution in [0.2, 0.25) is 0 Å². The molecule has 0 bridgehead atoms. The molecule has 1 N–H and O–H groups in total. The Bertz CT molecular complexity index is 1060. The number of likely N-dealkylation sites (tertiary alicyclic amines) is 1. The van der Waals surface area contributed by atoms with Crippen LogP contribution in [0.4, 0.5) is 0 Å². The molecular formula is C22H25NO5S. The van der Waals surface area contributed by atoms with E-state index in [4.69, 9.17) is 4.74 Å². The van der Waals surface area contributed by atoms with Crippen molar-refractivity contribution in [3.63, 3.8) is 0 Å². The zero-order valence-corrected chi connectivity index (χ0v) is 17.6. The monoisotopic (exact) mass is 415 g/mol. The molecule has 4 rings (SSSR count). The summed E-state index contributed by atoms with van der Waals surface area (Å²) in [5.74, 6) is 0.456. The van der Waals surface area contributed by atoms with Crippen LogP contribution in [0.5, 0.6) is 5.75 Å². The Morgan fingerprint density at radius 2 is 1.76 bits per heavy atom. The van der Waals surface area contributed by atoms with E-state index in [-0.39, 0.29) is 15.7 Å². The minimum absolute atomic E-state index is 0.0375. The maximum absolute atomic E-state index is 13.1. The van der Waals surface area contributed by atoms with Crippen molar-refractivity contribution < 1.29 is 23.1 Å². The van der Waals surface area contributed by atoms with E-state index in [0.717, 1.165) is 12.0 Å². The number of ether oxygens (including phenoxy) is 1. The SMILES string of the molecule is Cc1ccc(S(=O)(=O)c2ccc3c(c2)[C@H](N2CCCC2=O)[C@@H](O)C(C)(C)O3)cc1. The van der Waals surface area contributed by atoms with Crippen LogP contribution in [0.25, 0.3) is 0 Å². The van der Waals surface area contributed by atoms with E-state index >= 15 is 0 Å². The molecule has 2 aliphatic heterocycles. The molecule has 1 saturated heterocycles. The van der Waals surface area contributed by atoms with Crippen LogP contribution in [0.3, 0.4) is 0 Å². The lowest BCUT2D eigenvalue weighted by Gasteiger charge is -2.45. The van der Waals surface area contributed by atoms with Gasteiger partial charge >= 0.3 is 0 Å². The van der Waals surface area contributed by atoms with Gasteiger partial charge in [0.25, 0.3) is 0 Å². The van der Waals surface area contributed by atoms with Crippen LogP contribution in [0.1, 0.15) is 43.9 Å². The van der Waals surface area contributed by atoms with E-state index in [0.29, 0.717) is 24.3 Å². The standard InChI is InChI=1S/C22H25NO5S/c1-14-6-8-15(9-7-14)29(26,27)16-10-11-18-17(13-16)20(21(25)22(2,3)28-18)23-12-4-5-19(23)24/h6-11,13,20-21,25H,4-5,12H2,1-3H3/t20-,21+/m0/s1. The summed E-state index contributed by atoms with van der Waals surface area (Å²) in [4.78, 5) is 14.4. The molecule has 2 aromatic rings. The zero-order valence-electron chi connectivity index (χ0n) is 16.8. The number of rotatable bonds is 3. The molecule has 6 nitrogen and oxygen atoms in total. The second-order valence-corrected chi connectivity index (χ2v) is 10.3. The maximum Gasteiger partial charge on any atom is 0.223 e. The van der Waals surface area contributed by atoms with Crippen molar-refractivity contribution in [2.75, 3.05) is 6.54 Å². The van der Waals surface area contributed by atoms with Crippen LogP contribution in [-0.2, 0) is 14.6 Å². The molecule has 0 spiro atoms. The molecule has 2 aliphatic rings. The number of nitrogens with zero attached hydrogens (tertiary/aromatic N) is 1. The highest BCUT2D eigenvalue weighted by molar-refractivity contribution is 7.91. The molecule has 29 heavy (non-hydrogen) atoms. The highest BCUT2D eigenvalue weighted by atomic mass is 32.2. The number of carbonyl (C=O) groups is 1. The molecule has 154 valence electrons. The normalized spacial score (nSPS) is 23.6. The van der Waals surface area contributed by atoms with Gasteiger partial charge in [0.15, 0.2) is 0 Å². The Kier molecular flexibility index (Phi) is 4.70. The van der Waals surface area contributed by atoms with Crippen molar-refractivity contribution in [2.45, 2.75) is 61.2 Å². The predicted molar refractivity (Wildman–Crippen MR) is 107 cm³/mol. The van der Waals surface area contributed by atoms with E-state index in [1.165, 1.54) is 6.07 Å². The number of fused-ring (bicyclic) bond motifs is 1. The van der Waals surface area contributed by atoms with Crippen LogP contribution >= 0.6 is 0 Å². The predicted octanol–water partition coefficient (Wildman–Crippen LogP) is 3.02. The Balaban J connectivity index is 1.83. The summed E-state index contributed by atoms with van der Waals surface area (Å²) >= 11 is 0. The second-order valence-electron chi connectivity index (χ2n) is 8.30. The fourth-order valence-electron chi connectivity index (χ4n) is 4.07. The fraction of sp³-hybridized carbons (Fsp3) is 0.409. The van der Waals surface area contributed by atoms with Crippen molar-refractivity contribution in [2.24, 2.45) is 0 Å². The maximum atomic E-state index is 13.1. The van der Waals surface area contributed by atoms with Crippen molar-refractivity contribution in [1.29, 1.82) is 0 Å². The summed E-state index contributed by atoms with van der Waals surface area (Å²) in [6.07, 6.45) is 0.177. The first-order valence-electron chi connectivity index (χ1n) is 9.73. The van der Waals surface area contributed by atoms with Gasteiger partial charge in [0.05, 0.1) is 15.8 Å². The van der Waals surface area contributed by atoms with E-state index in [2.05, 4.69) is 0 Å². The minimum atomic E-state index is -3.74. The number of sulfone groups is 1. The number of hydrogen-bond acceptors (Lipinski definition) is 5. The van der Waals surface area contributed by atoms with E-state index < -0.39 is 27.6 Å². The van der Waals surface area contributed by atoms with Gasteiger partial charge in [-0.3, -0.25) is 4.79 Å². The van der Waals surface area contributed by atoms with Gasteiger partial charge in [-0.05, 0) is 57.5 Å². The van der Waals surface area contributed by atoms with Gasteiger partial charge in [0.1, 0.15) is 17.5 Å². The second kappa shape index (κ2) is 6.85. The van der Waals surface area contributed by atoms with Crippen LogP contribution < -0.4 is 4.74 Å². The lowest BCUT2D eigenvalue weighted by atomic mass is 9.85. The van der Waals surface area contributed by atoms with Gasteiger partial charge in [-0.2, -0.15) is 0 Å². The Hall–Kier alpha value is -2.38. The summed E-state index contributed by atoms with van der Waals surface area (Å²) < 4.78 is 32.3. The summed E-state index contributed by atoms with van der Waals surface area (Å²) in [7, 11) is -3.74. The average Bonchev–Trinajstić information content (AvgIpc) is 3.08. The summed E-state index contributed by atoms with van der Waals surface area (Å²) in [6.45, 7) is 5.97. The third kappa shape index (κ3) is 3.32. The molecule has 0 aromatic heterocycles. The third-order valence-electron chi connectivity index (χ3n) is 5.77. The molecule has 2 heterocycles. The first kappa shape index (κ1) is 19.9. The number of aryl methyl sites for hydroxylation is 1. The van der Waals surface area contributed by atoms with E-state index in [1.54, 1.807) is 55.1 Å². The molecular weight excluding hydrogens is 390 g/mol. The summed E-state index contributed by atoms with van der Waals surface area (Å²) in [5, 5.41) is 11.0. The number of aliphatic hydroxyl groups is 1. The Morgan fingerprint density at radius 1 is 1.10 bits per heavy atom.